The van der Waals surface area contributed by atoms with E-state index in [0.717, 1.165) is 36.0 Å². The van der Waals surface area contributed by atoms with Gasteiger partial charge in [0.05, 0.1) is 12.3 Å². The number of nitrogens with zero attached hydrogens (tertiary/aromatic N) is 3. The Hall–Kier alpha value is -1.99. The molecule has 1 aliphatic rings. The lowest BCUT2D eigenvalue weighted by molar-refractivity contribution is 0.119. The van der Waals surface area contributed by atoms with Crippen molar-refractivity contribution >= 4 is 10.0 Å². The molecule has 1 saturated heterocycles. The first kappa shape index (κ1) is 18.8. The lowest BCUT2D eigenvalue weighted by atomic mass is 10.1. The highest BCUT2D eigenvalue weighted by Gasteiger charge is 2.30. The van der Waals surface area contributed by atoms with Crippen LogP contribution >= 0.6 is 0 Å². The molecule has 0 aliphatic carbocycles. The predicted octanol–water partition coefficient (Wildman–Crippen LogP) is 2.72. The summed E-state index contributed by atoms with van der Waals surface area (Å²) in [5.74, 6) is 0.0170. The Bertz CT molecular complexity index is 837. The minimum atomic E-state index is -3.38. The van der Waals surface area contributed by atoms with Gasteiger partial charge in [-0.15, -0.1) is 0 Å². The third-order valence-electron chi connectivity index (χ3n) is 4.53. The Labute approximate surface area is 155 Å². The smallest absolute Gasteiger partial charge is 0.316 e. The van der Waals surface area contributed by atoms with Crippen molar-refractivity contribution in [2.45, 2.75) is 45.0 Å². The van der Waals surface area contributed by atoms with Crippen LogP contribution in [-0.4, -0.2) is 41.9 Å². The predicted molar refractivity (Wildman–Crippen MR) is 100 cm³/mol. The van der Waals surface area contributed by atoms with E-state index in [4.69, 9.17) is 4.74 Å². The van der Waals surface area contributed by atoms with E-state index in [1.807, 2.05) is 38.1 Å². The summed E-state index contributed by atoms with van der Waals surface area (Å²) in [6, 6.07) is 7.93. The van der Waals surface area contributed by atoms with Crippen molar-refractivity contribution in [3.63, 3.8) is 0 Å². The molecule has 1 fully saturated rings. The second-order valence-electron chi connectivity index (χ2n) is 6.71. The average Bonchev–Trinajstić information content (AvgIpc) is 2.62. The summed E-state index contributed by atoms with van der Waals surface area (Å²) < 4.78 is 32.9. The third kappa shape index (κ3) is 4.80. The first-order chi connectivity index (χ1) is 12.5. The molecule has 26 heavy (non-hydrogen) atoms. The molecule has 1 aliphatic heterocycles. The summed E-state index contributed by atoms with van der Waals surface area (Å²) in [6.45, 7) is 4.87. The van der Waals surface area contributed by atoms with Gasteiger partial charge in [0, 0.05) is 18.9 Å². The lowest BCUT2D eigenvalue weighted by Gasteiger charge is -2.31. The highest BCUT2D eigenvalue weighted by atomic mass is 32.2. The molecule has 3 rings (SSSR count). The van der Waals surface area contributed by atoms with Gasteiger partial charge in [0.2, 0.25) is 10.0 Å². The second-order valence-corrected chi connectivity index (χ2v) is 8.68. The van der Waals surface area contributed by atoms with Crippen LogP contribution in [0, 0.1) is 6.92 Å². The highest BCUT2D eigenvalue weighted by Crippen LogP contribution is 2.20. The number of hydrogen-bond acceptors (Lipinski definition) is 5. The Morgan fingerprint density at radius 1 is 1.23 bits per heavy atom. The number of aromatic nitrogens is 2. The molecule has 0 saturated carbocycles. The van der Waals surface area contributed by atoms with Crippen LogP contribution in [0.15, 0.2) is 36.7 Å². The first-order valence-corrected chi connectivity index (χ1v) is 10.6. The summed E-state index contributed by atoms with van der Waals surface area (Å²) in [6.07, 6.45) is 5.72. The second kappa shape index (κ2) is 8.14. The Morgan fingerprint density at radius 2 is 2.00 bits per heavy atom. The summed E-state index contributed by atoms with van der Waals surface area (Å²) in [5, 5.41) is 0. The van der Waals surface area contributed by atoms with Crippen molar-refractivity contribution in [3.8, 4) is 6.01 Å². The van der Waals surface area contributed by atoms with E-state index in [-0.39, 0.29) is 11.9 Å². The SMILES string of the molecule is CCc1cnc(OC2CCCN(S(=O)(=O)Cc3cccc(C)c3)C2)nc1. The third-order valence-corrected chi connectivity index (χ3v) is 6.34. The van der Waals surface area contributed by atoms with E-state index in [1.165, 1.54) is 4.31 Å². The monoisotopic (exact) mass is 375 g/mol. The number of ether oxygens (including phenoxy) is 1. The lowest BCUT2D eigenvalue weighted by Crippen LogP contribution is -2.44. The number of hydrogen-bond donors (Lipinski definition) is 0. The van der Waals surface area contributed by atoms with Gasteiger partial charge in [-0.05, 0) is 37.3 Å². The zero-order valence-corrected chi connectivity index (χ0v) is 16.1. The van der Waals surface area contributed by atoms with Crippen LogP contribution in [0.3, 0.4) is 0 Å². The maximum absolute atomic E-state index is 12.8. The molecule has 1 atom stereocenters. The zero-order valence-electron chi connectivity index (χ0n) is 15.3. The Balaban J connectivity index is 1.64. The molecule has 1 aromatic carbocycles. The van der Waals surface area contributed by atoms with Gasteiger partial charge in [0.15, 0.2) is 0 Å². The van der Waals surface area contributed by atoms with Gasteiger partial charge >= 0.3 is 6.01 Å². The van der Waals surface area contributed by atoms with Crippen molar-refractivity contribution < 1.29 is 13.2 Å². The van der Waals surface area contributed by atoms with Crippen LogP contribution in [0.4, 0.5) is 0 Å². The molecule has 6 nitrogen and oxygen atoms in total. The Kier molecular flexibility index (Phi) is 5.88. The molecule has 1 unspecified atom stereocenters. The molecular formula is C19H25N3O3S. The minimum Gasteiger partial charge on any atom is -0.459 e. The number of aryl methyl sites for hydroxylation is 2. The van der Waals surface area contributed by atoms with Crippen molar-refractivity contribution in [2.75, 3.05) is 13.1 Å². The largest absolute Gasteiger partial charge is 0.459 e. The molecule has 2 aromatic rings. The van der Waals surface area contributed by atoms with E-state index in [9.17, 15) is 8.42 Å². The number of benzene rings is 1. The van der Waals surface area contributed by atoms with Crippen LogP contribution in [0.2, 0.25) is 0 Å². The first-order valence-electron chi connectivity index (χ1n) is 8.97. The van der Waals surface area contributed by atoms with Crippen molar-refractivity contribution in [3.05, 3.63) is 53.3 Å². The average molecular weight is 375 g/mol. The molecule has 0 spiro atoms. The van der Waals surface area contributed by atoms with Gasteiger partial charge in [0.1, 0.15) is 6.10 Å². The quantitative estimate of drug-likeness (QED) is 0.776. The van der Waals surface area contributed by atoms with Gasteiger partial charge in [0.25, 0.3) is 0 Å². The van der Waals surface area contributed by atoms with E-state index < -0.39 is 10.0 Å². The van der Waals surface area contributed by atoms with Crippen LogP contribution < -0.4 is 4.74 Å². The number of rotatable bonds is 6. The molecule has 0 N–H and O–H groups in total. The molecule has 7 heteroatoms. The fourth-order valence-corrected chi connectivity index (χ4v) is 4.68. The molecule has 0 bridgehead atoms. The van der Waals surface area contributed by atoms with Crippen molar-refractivity contribution in [1.29, 1.82) is 0 Å². The van der Waals surface area contributed by atoms with Crippen molar-refractivity contribution in [1.82, 2.24) is 14.3 Å². The normalized spacial score (nSPS) is 18.6. The summed E-state index contributed by atoms with van der Waals surface area (Å²) in [7, 11) is -3.38. The number of piperidine rings is 1. The van der Waals surface area contributed by atoms with Crippen molar-refractivity contribution in [2.24, 2.45) is 0 Å². The van der Waals surface area contributed by atoms with Gasteiger partial charge < -0.3 is 4.74 Å². The molecule has 0 radical (unpaired) electrons. The highest BCUT2D eigenvalue weighted by molar-refractivity contribution is 7.88. The summed E-state index contributed by atoms with van der Waals surface area (Å²) in [5.41, 5.74) is 2.92. The van der Waals surface area contributed by atoms with Crippen LogP contribution in [-0.2, 0) is 22.2 Å². The Morgan fingerprint density at radius 3 is 2.69 bits per heavy atom. The fraction of sp³-hybridized carbons (Fsp3) is 0.474. The van der Waals surface area contributed by atoms with E-state index in [2.05, 4.69) is 9.97 Å². The molecular weight excluding hydrogens is 350 g/mol. The molecule has 1 aromatic heterocycles. The van der Waals surface area contributed by atoms with Crippen LogP contribution in [0.5, 0.6) is 6.01 Å². The van der Waals surface area contributed by atoms with E-state index in [0.29, 0.717) is 19.1 Å². The molecule has 2 heterocycles. The van der Waals surface area contributed by atoms with Gasteiger partial charge in [-0.2, -0.15) is 4.31 Å². The topological polar surface area (TPSA) is 72.4 Å². The molecule has 0 amide bonds. The van der Waals surface area contributed by atoms with Gasteiger partial charge in [-0.25, -0.2) is 18.4 Å². The molecule has 140 valence electrons. The van der Waals surface area contributed by atoms with Crippen LogP contribution in [0.1, 0.15) is 36.5 Å². The minimum absolute atomic E-state index is 0.0170. The summed E-state index contributed by atoms with van der Waals surface area (Å²) >= 11 is 0. The standard InChI is InChI=1S/C19H25N3O3S/c1-3-16-11-20-19(21-12-16)25-18-8-5-9-22(13-18)26(23,24)14-17-7-4-6-15(2)10-17/h4,6-7,10-12,18H,3,5,8-9,13-14H2,1-2H3. The maximum atomic E-state index is 12.8. The van der Waals surface area contributed by atoms with Gasteiger partial charge in [-0.1, -0.05) is 36.8 Å². The number of sulfonamides is 1. The maximum Gasteiger partial charge on any atom is 0.316 e. The van der Waals surface area contributed by atoms with Gasteiger partial charge in [-0.3, -0.25) is 0 Å². The fourth-order valence-electron chi connectivity index (χ4n) is 3.09. The van der Waals surface area contributed by atoms with E-state index in [1.54, 1.807) is 12.4 Å². The van der Waals surface area contributed by atoms with E-state index >= 15 is 0 Å². The van der Waals surface area contributed by atoms with Crippen LogP contribution in [0.25, 0.3) is 0 Å². The zero-order chi connectivity index (χ0) is 18.6. The summed E-state index contributed by atoms with van der Waals surface area (Å²) in [4.78, 5) is 8.41.